The molecule has 1 aromatic carbocycles. The number of sulfone groups is 1. The van der Waals surface area contributed by atoms with Gasteiger partial charge in [-0.2, -0.15) is 0 Å². The van der Waals surface area contributed by atoms with Gasteiger partial charge in [-0.05, 0) is 24.8 Å². The van der Waals surface area contributed by atoms with Crippen molar-refractivity contribution in [1.29, 1.82) is 0 Å². The SMILES string of the molecule is I.NC(=NCCCS(=O)(=O)Cc1ccccc1)NC1CCCCC1. The minimum atomic E-state index is -3.09. The second-order valence-electron chi connectivity index (χ2n) is 6.18. The Bertz CT molecular complexity index is 600. The van der Waals surface area contributed by atoms with Gasteiger partial charge in [0.05, 0.1) is 11.5 Å². The number of guanidine groups is 1. The number of benzene rings is 1. The summed E-state index contributed by atoms with van der Waals surface area (Å²) in [5, 5.41) is 3.23. The summed E-state index contributed by atoms with van der Waals surface area (Å²) in [6.07, 6.45) is 6.56. The molecule has 5 nitrogen and oxygen atoms in total. The van der Waals surface area contributed by atoms with Crippen molar-refractivity contribution in [2.45, 2.75) is 50.3 Å². The summed E-state index contributed by atoms with van der Waals surface area (Å²) >= 11 is 0. The van der Waals surface area contributed by atoms with Gasteiger partial charge in [0.2, 0.25) is 0 Å². The van der Waals surface area contributed by atoms with Gasteiger partial charge in [0, 0.05) is 12.6 Å². The third-order valence-electron chi connectivity index (χ3n) is 4.08. The first-order valence-corrected chi connectivity index (χ1v) is 10.2. The van der Waals surface area contributed by atoms with E-state index in [1.165, 1.54) is 19.3 Å². The zero-order valence-electron chi connectivity index (χ0n) is 14.0. The highest BCUT2D eigenvalue weighted by molar-refractivity contribution is 14.0. The average molecular weight is 465 g/mol. The fraction of sp³-hybridized carbons (Fsp3) is 0.588. The third kappa shape index (κ3) is 8.32. The van der Waals surface area contributed by atoms with Crippen LogP contribution in [0.25, 0.3) is 0 Å². The predicted octanol–water partition coefficient (Wildman–Crippen LogP) is 2.85. The molecule has 0 atom stereocenters. The highest BCUT2D eigenvalue weighted by Gasteiger charge is 2.14. The summed E-state index contributed by atoms with van der Waals surface area (Å²) in [6, 6.07) is 9.69. The molecule has 2 rings (SSSR count). The minimum Gasteiger partial charge on any atom is -0.370 e. The lowest BCUT2D eigenvalue weighted by Gasteiger charge is -2.23. The number of halogens is 1. The smallest absolute Gasteiger partial charge is 0.188 e. The lowest BCUT2D eigenvalue weighted by atomic mass is 9.96. The molecule has 1 saturated carbocycles. The molecule has 0 saturated heterocycles. The third-order valence-corrected chi connectivity index (χ3v) is 5.77. The van der Waals surface area contributed by atoms with E-state index in [-0.39, 0.29) is 35.5 Å². The van der Waals surface area contributed by atoms with Crippen LogP contribution in [0.4, 0.5) is 0 Å². The Balaban J connectivity index is 0.00000288. The van der Waals surface area contributed by atoms with Gasteiger partial charge in [-0.25, -0.2) is 8.42 Å². The van der Waals surface area contributed by atoms with E-state index in [1.807, 2.05) is 30.3 Å². The first-order valence-electron chi connectivity index (χ1n) is 8.36. The molecule has 1 fully saturated rings. The Morgan fingerprint density at radius 1 is 1.17 bits per heavy atom. The molecule has 1 aliphatic rings. The van der Waals surface area contributed by atoms with E-state index >= 15 is 0 Å². The van der Waals surface area contributed by atoms with Crippen LogP contribution >= 0.6 is 24.0 Å². The predicted molar refractivity (Wildman–Crippen MR) is 110 cm³/mol. The van der Waals surface area contributed by atoms with Gasteiger partial charge in [0.25, 0.3) is 0 Å². The first-order chi connectivity index (χ1) is 11.1. The molecule has 0 heterocycles. The van der Waals surface area contributed by atoms with Crippen LogP contribution in [-0.4, -0.2) is 32.7 Å². The van der Waals surface area contributed by atoms with Gasteiger partial charge < -0.3 is 11.1 Å². The van der Waals surface area contributed by atoms with Crippen molar-refractivity contribution >= 4 is 39.8 Å². The van der Waals surface area contributed by atoms with Gasteiger partial charge >= 0.3 is 0 Å². The molecule has 0 unspecified atom stereocenters. The van der Waals surface area contributed by atoms with E-state index in [2.05, 4.69) is 10.3 Å². The van der Waals surface area contributed by atoms with E-state index in [4.69, 9.17) is 5.73 Å². The zero-order chi connectivity index (χ0) is 16.5. The summed E-state index contributed by atoms with van der Waals surface area (Å²) in [4.78, 5) is 4.25. The summed E-state index contributed by atoms with van der Waals surface area (Å²) < 4.78 is 24.1. The van der Waals surface area contributed by atoms with Crippen molar-refractivity contribution in [1.82, 2.24) is 5.32 Å². The number of nitrogens with two attached hydrogens (primary N) is 1. The number of hydrogen-bond donors (Lipinski definition) is 2. The second-order valence-corrected chi connectivity index (χ2v) is 8.36. The van der Waals surface area contributed by atoms with Crippen LogP contribution in [0.3, 0.4) is 0 Å². The molecule has 0 aliphatic heterocycles. The molecule has 1 aliphatic carbocycles. The van der Waals surface area contributed by atoms with Gasteiger partial charge in [0.15, 0.2) is 15.8 Å². The number of nitrogens with one attached hydrogen (secondary N) is 1. The quantitative estimate of drug-likeness (QED) is 0.281. The molecular weight excluding hydrogens is 437 g/mol. The molecule has 0 bridgehead atoms. The standard InChI is InChI=1S/C17H27N3O2S.HI/c18-17(20-16-10-5-2-6-11-16)19-12-7-13-23(21,22)14-15-8-3-1-4-9-15;/h1,3-4,8-9,16H,2,5-7,10-14H2,(H3,18,19,20);1H. The highest BCUT2D eigenvalue weighted by Crippen LogP contribution is 2.17. The number of hydrogen-bond acceptors (Lipinski definition) is 3. The maximum absolute atomic E-state index is 12.1. The van der Waals surface area contributed by atoms with Crippen molar-refractivity contribution in [3.8, 4) is 0 Å². The summed E-state index contributed by atoms with van der Waals surface area (Å²) in [7, 11) is -3.09. The Morgan fingerprint density at radius 2 is 1.83 bits per heavy atom. The average Bonchev–Trinajstić information content (AvgIpc) is 2.53. The molecule has 3 N–H and O–H groups in total. The van der Waals surface area contributed by atoms with Crippen LogP contribution in [0.15, 0.2) is 35.3 Å². The molecule has 1 aromatic rings. The van der Waals surface area contributed by atoms with Crippen molar-refractivity contribution in [3.63, 3.8) is 0 Å². The molecular formula is C17H28IN3O2S. The molecule has 0 aromatic heterocycles. The second kappa shape index (κ2) is 10.9. The maximum atomic E-state index is 12.1. The van der Waals surface area contributed by atoms with Crippen LogP contribution < -0.4 is 11.1 Å². The van der Waals surface area contributed by atoms with Crippen LogP contribution in [0.5, 0.6) is 0 Å². The summed E-state index contributed by atoms with van der Waals surface area (Å²) in [5.74, 6) is 0.674. The van der Waals surface area contributed by atoms with E-state index < -0.39 is 9.84 Å². The Labute approximate surface area is 162 Å². The first kappa shape index (κ1) is 21.2. The summed E-state index contributed by atoms with van der Waals surface area (Å²) in [6.45, 7) is 0.444. The van der Waals surface area contributed by atoms with Crippen LogP contribution in [0.2, 0.25) is 0 Å². The fourth-order valence-electron chi connectivity index (χ4n) is 2.89. The van der Waals surface area contributed by atoms with E-state index in [9.17, 15) is 8.42 Å². The van der Waals surface area contributed by atoms with E-state index in [0.717, 1.165) is 18.4 Å². The van der Waals surface area contributed by atoms with Crippen molar-refractivity contribution in [2.75, 3.05) is 12.3 Å². The van der Waals surface area contributed by atoms with Crippen LogP contribution in [0.1, 0.15) is 44.1 Å². The van der Waals surface area contributed by atoms with Gasteiger partial charge in [-0.3, -0.25) is 4.99 Å². The molecule has 24 heavy (non-hydrogen) atoms. The normalized spacial score (nSPS) is 16.4. The molecule has 136 valence electrons. The highest BCUT2D eigenvalue weighted by atomic mass is 127. The monoisotopic (exact) mass is 465 g/mol. The lowest BCUT2D eigenvalue weighted by molar-refractivity contribution is 0.412. The number of rotatable bonds is 7. The lowest BCUT2D eigenvalue weighted by Crippen LogP contribution is -2.41. The number of nitrogens with zero attached hydrogens (tertiary/aromatic N) is 1. The van der Waals surface area contributed by atoms with Crippen molar-refractivity contribution < 1.29 is 8.42 Å². The molecule has 0 amide bonds. The fourth-order valence-corrected chi connectivity index (χ4v) is 4.30. The van der Waals surface area contributed by atoms with Crippen molar-refractivity contribution in [3.05, 3.63) is 35.9 Å². The largest absolute Gasteiger partial charge is 0.370 e. The van der Waals surface area contributed by atoms with Crippen LogP contribution in [0, 0.1) is 0 Å². The molecule has 0 spiro atoms. The van der Waals surface area contributed by atoms with Gasteiger partial charge in [-0.1, -0.05) is 49.6 Å². The molecule has 7 heteroatoms. The summed E-state index contributed by atoms with van der Waals surface area (Å²) in [5.41, 5.74) is 6.70. The Kier molecular flexibility index (Phi) is 9.65. The van der Waals surface area contributed by atoms with Gasteiger partial charge in [-0.15, -0.1) is 24.0 Å². The Morgan fingerprint density at radius 3 is 2.50 bits per heavy atom. The zero-order valence-corrected chi connectivity index (χ0v) is 17.1. The topological polar surface area (TPSA) is 84.5 Å². The van der Waals surface area contributed by atoms with E-state index in [1.54, 1.807) is 0 Å². The van der Waals surface area contributed by atoms with Gasteiger partial charge in [0.1, 0.15) is 0 Å². The number of aliphatic imine (C=N–C) groups is 1. The maximum Gasteiger partial charge on any atom is 0.188 e. The van der Waals surface area contributed by atoms with Crippen LogP contribution in [-0.2, 0) is 15.6 Å². The van der Waals surface area contributed by atoms with E-state index in [0.29, 0.717) is 25.0 Å². The minimum absolute atomic E-state index is 0. The van der Waals surface area contributed by atoms with Crippen molar-refractivity contribution in [2.24, 2.45) is 10.7 Å². The Hall–Kier alpha value is -0.830. The molecule has 0 radical (unpaired) electrons.